The summed E-state index contributed by atoms with van der Waals surface area (Å²) in [6.45, 7) is 3.66. The summed E-state index contributed by atoms with van der Waals surface area (Å²) in [4.78, 5) is 23.3. The Hall–Kier alpha value is -1.07. The van der Waals surface area contributed by atoms with Crippen molar-refractivity contribution in [3.63, 3.8) is 0 Å². The Morgan fingerprint density at radius 3 is 2.63 bits per heavy atom. The van der Waals surface area contributed by atoms with Crippen LogP contribution in [0.15, 0.2) is 22.7 Å². The fraction of sp³-hybridized carbons (Fsp3) is 0.385. The molecule has 0 saturated heterocycles. The van der Waals surface area contributed by atoms with Gasteiger partial charge in [0.05, 0.1) is 5.56 Å². The number of hydrogen-bond donors (Lipinski definition) is 2. The Morgan fingerprint density at radius 1 is 1.47 bits per heavy atom. The van der Waals surface area contributed by atoms with Crippen LogP contribution in [0, 0.1) is 5.92 Å². The van der Waals surface area contributed by atoms with E-state index in [1.165, 1.54) is 6.07 Å². The number of aliphatic carboxylic acids is 1. The monoisotopic (exact) mass is 347 g/mol. The van der Waals surface area contributed by atoms with E-state index in [1.54, 1.807) is 19.1 Å². The largest absolute Gasteiger partial charge is 0.480 e. The van der Waals surface area contributed by atoms with Gasteiger partial charge in [-0.3, -0.25) is 4.79 Å². The third-order valence-electron chi connectivity index (χ3n) is 2.94. The maximum absolute atomic E-state index is 12.1. The van der Waals surface area contributed by atoms with Crippen LogP contribution in [0.2, 0.25) is 5.02 Å². The highest BCUT2D eigenvalue weighted by Gasteiger charge is 2.26. The third kappa shape index (κ3) is 4.21. The number of carboxylic acid groups (broad SMARTS) is 1. The van der Waals surface area contributed by atoms with Gasteiger partial charge in [0.15, 0.2) is 0 Å². The standard InChI is InChI=1S/C13H15BrClNO3/c1-3-7(2)11(13(18)19)16-12(17)9-6-8(15)4-5-10(9)14/h4-7,11H,3H2,1-2H3,(H,16,17)(H,18,19). The number of carboxylic acids is 1. The van der Waals surface area contributed by atoms with Gasteiger partial charge in [0, 0.05) is 9.50 Å². The lowest BCUT2D eigenvalue weighted by Gasteiger charge is -2.20. The minimum Gasteiger partial charge on any atom is -0.480 e. The van der Waals surface area contributed by atoms with E-state index in [-0.39, 0.29) is 5.92 Å². The van der Waals surface area contributed by atoms with Crippen molar-refractivity contribution in [2.45, 2.75) is 26.3 Å². The van der Waals surface area contributed by atoms with Crippen molar-refractivity contribution in [3.8, 4) is 0 Å². The molecule has 1 aromatic rings. The van der Waals surface area contributed by atoms with E-state index in [4.69, 9.17) is 16.7 Å². The van der Waals surface area contributed by atoms with Crippen LogP contribution in [-0.2, 0) is 4.79 Å². The van der Waals surface area contributed by atoms with E-state index in [9.17, 15) is 9.59 Å². The van der Waals surface area contributed by atoms with Gasteiger partial charge in [0.25, 0.3) is 5.91 Å². The van der Waals surface area contributed by atoms with Crippen molar-refractivity contribution in [2.24, 2.45) is 5.92 Å². The average Bonchev–Trinajstić information content (AvgIpc) is 2.37. The van der Waals surface area contributed by atoms with Gasteiger partial charge < -0.3 is 10.4 Å². The zero-order chi connectivity index (χ0) is 14.6. The lowest BCUT2D eigenvalue weighted by atomic mass is 9.99. The first-order valence-corrected chi connectivity index (χ1v) is 7.02. The molecule has 1 rings (SSSR count). The molecule has 0 fully saturated rings. The molecule has 1 aromatic carbocycles. The van der Waals surface area contributed by atoms with Crippen molar-refractivity contribution < 1.29 is 14.7 Å². The van der Waals surface area contributed by atoms with Crippen LogP contribution in [0.1, 0.15) is 30.6 Å². The van der Waals surface area contributed by atoms with E-state index < -0.39 is 17.9 Å². The van der Waals surface area contributed by atoms with E-state index in [2.05, 4.69) is 21.2 Å². The number of benzene rings is 1. The Bertz CT molecular complexity index is 493. The van der Waals surface area contributed by atoms with Gasteiger partial charge in [0.1, 0.15) is 6.04 Å². The van der Waals surface area contributed by atoms with E-state index in [0.29, 0.717) is 21.5 Å². The molecule has 0 saturated carbocycles. The van der Waals surface area contributed by atoms with Crippen LogP contribution in [0.25, 0.3) is 0 Å². The summed E-state index contributed by atoms with van der Waals surface area (Å²) in [5.41, 5.74) is 0.321. The Kier molecular flexibility index (Phi) is 5.82. The van der Waals surface area contributed by atoms with E-state index in [1.807, 2.05) is 6.92 Å². The molecule has 2 atom stereocenters. The number of halogens is 2. The quantitative estimate of drug-likeness (QED) is 0.857. The van der Waals surface area contributed by atoms with Crippen LogP contribution >= 0.6 is 27.5 Å². The summed E-state index contributed by atoms with van der Waals surface area (Å²) in [7, 11) is 0. The first-order chi connectivity index (χ1) is 8.86. The second-order valence-corrected chi connectivity index (χ2v) is 5.59. The second-order valence-electron chi connectivity index (χ2n) is 4.30. The number of rotatable bonds is 5. The van der Waals surface area contributed by atoms with Gasteiger partial charge in [-0.15, -0.1) is 0 Å². The minimum absolute atomic E-state index is 0.153. The molecule has 0 aromatic heterocycles. The molecule has 2 unspecified atom stereocenters. The summed E-state index contributed by atoms with van der Waals surface area (Å²) >= 11 is 9.08. The zero-order valence-electron chi connectivity index (χ0n) is 10.6. The Morgan fingerprint density at radius 2 is 2.11 bits per heavy atom. The minimum atomic E-state index is -1.04. The van der Waals surface area contributed by atoms with Crippen LogP contribution in [0.4, 0.5) is 0 Å². The average molecular weight is 349 g/mol. The van der Waals surface area contributed by atoms with Crippen molar-refractivity contribution >= 4 is 39.4 Å². The molecule has 19 heavy (non-hydrogen) atoms. The molecular formula is C13H15BrClNO3. The molecule has 0 aliphatic carbocycles. The normalized spacial score (nSPS) is 13.7. The van der Waals surface area contributed by atoms with Crippen LogP contribution in [-0.4, -0.2) is 23.0 Å². The number of carbonyl (C=O) groups is 2. The van der Waals surface area contributed by atoms with Gasteiger partial charge in [-0.2, -0.15) is 0 Å². The van der Waals surface area contributed by atoms with Crippen LogP contribution in [0.5, 0.6) is 0 Å². The molecule has 0 aliphatic heterocycles. The van der Waals surface area contributed by atoms with Gasteiger partial charge in [-0.1, -0.05) is 31.9 Å². The number of nitrogens with one attached hydrogen (secondary N) is 1. The summed E-state index contributed by atoms with van der Waals surface area (Å²) in [5, 5.41) is 12.1. The highest BCUT2D eigenvalue weighted by atomic mass is 79.9. The SMILES string of the molecule is CCC(C)C(NC(=O)c1cc(Cl)ccc1Br)C(=O)O. The van der Waals surface area contributed by atoms with Gasteiger partial charge in [-0.05, 0) is 40.0 Å². The molecule has 6 heteroatoms. The maximum atomic E-state index is 12.1. The summed E-state index contributed by atoms with van der Waals surface area (Å²) in [6, 6.07) is 3.88. The van der Waals surface area contributed by atoms with E-state index in [0.717, 1.165) is 0 Å². The maximum Gasteiger partial charge on any atom is 0.326 e. The molecule has 0 aliphatic rings. The van der Waals surface area contributed by atoms with Crippen molar-refractivity contribution in [3.05, 3.63) is 33.3 Å². The van der Waals surface area contributed by atoms with Crippen molar-refractivity contribution in [1.82, 2.24) is 5.32 Å². The lowest BCUT2D eigenvalue weighted by molar-refractivity contribution is -0.140. The second kappa shape index (κ2) is 6.91. The molecule has 2 N–H and O–H groups in total. The lowest BCUT2D eigenvalue weighted by Crippen LogP contribution is -2.45. The first-order valence-electron chi connectivity index (χ1n) is 5.85. The molecule has 0 radical (unpaired) electrons. The third-order valence-corrected chi connectivity index (χ3v) is 3.87. The Labute approximate surface area is 125 Å². The van der Waals surface area contributed by atoms with Crippen molar-refractivity contribution in [1.29, 1.82) is 0 Å². The predicted molar refractivity (Wildman–Crippen MR) is 77.5 cm³/mol. The van der Waals surface area contributed by atoms with Crippen LogP contribution in [0.3, 0.4) is 0 Å². The van der Waals surface area contributed by atoms with Gasteiger partial charge in [-0.25, -0.2) is 4.79 Å². The van der Waals surface area contributed by atoms with E-state index >= 15 is 0 Å². The fourth-order valence-corrected chi connectivity index (χ4v) is 2.17. The summed E-state index contributed by atoms with van der Waals surface area (Å²) in [6.07, 6.45) is 0.661. The highest BCUT2D eigenvalue weighted by Crippen LogP contribution is 2.21. The summed E-state index contributed by atoms with van der Waals surface area (Å²) in [5.74, 6) is -1.65. The smallest absolute Gasteiger partial charge is 0.326 e. The summed E-state index contributed by atoms with van der Waals surface area (Å²) < 4.78 is 0.572. The topological polar surface area (TPSA) is 66.4 Å². The molecule has 0 spiro atoms. The predicted octanol–water partition coefficient (Wildman–Crippen LogP) is 3.33. The molecule has 104 valence electrons. The zero-order valence-corrected chi connectivity index (χ0v) is 13.0. The fourth-order valence-electron chi connectivity index (χ4n) is 1.57. The molecule has 1 amide bonds. The van der Waals surface area contributed by atoms with Crippen molar-refractivity contribution in [2.75, 3.05) is 0 Å². The number of hydrogen-bond acceptors (Lipinski definition) is 2. The number of amides is 1. The molecular weight excluding hydrogens is 334 g/mol. The van der Waals surface area contributed by atoms with Gasteiger partial charge >= 0.3 is 5.97 Å². The van der Waals surface area contributed by atoms with Crippen LogP contribution < -0.4 is 5.32 Å². The Balaban J connectivity index is 2.94. The molecule has 0 bridgehead atoms. The van der Waals surface area contributed by atoms with Gasteiger partial charge in [0.2, 0.25) is 0 Å². The molecule has 0 heterocycles. The highest BCUT2D eigenvalue weighted by molar-refractivity contribution is 9.10. The molecule has 4 nitrogen and oxygen atoms in total. The first kappa shape index (κ1) is 16.0. The number of carbonyl (C=O) groups excluding carboxylic acids is 1.